The monoisotopic (exact) mass is 339 g/mol. The van der Waals surface area contributed by atoms with Crippen molar-refractivity contribution in [1.82, 2.24) is 5.32 Å². The largest absolute Gasteiger partial charge is 0.478 e. The molecule has 0 aliphatic rings. The van der Waals surface area contributed by atoms with E-state index in [1.54, 1.807) is 11.4 Å². The average molecular weight is 340 g/mol. The van der Waals surface area contributed by atoms with Gasteiger partial charge in [-0.1, -0.05) is 34.1 Å². The van der Waals surface area contributed by atoms with Crippen LogP contribution in [0.4, 0.5) is 0 Å². The zero-order valence-electron chi connectivity index (χ0n) is 10.4. The fourth-order valence-corrected chi connectivity index (χ4v) is 3.21. The van der Waals surface area contributed by atoms with Crippen molar-refractivity contribution in [1.29, 1.82) is 0 Å². The molecule has 2 N–H and O–H groups in total. The summed E-state index contributed by atoms with van der Waals surface area (Å²) in [7, 11) is 0. The molecule has 100 valence electrons. The maximum atomic E-state index is 10.8. The SMILES string of the molecule is C[C@H](NCc1cc(C(=O)O)cs1)c1ccccc1Br. The molecule has 0 spiro atoms. The molecule has 2 aromatic rings. The van der Waals surface area contributed by atoms with Crippen LogP contribution in [0.5, 0.6) is 0 Å². The summed E-state index contributed by atoms with van der Waals surface area (Å²) in [6, 6.07) is 9.99. The summed E-state index contributed by atoms with van der Waals surface area (Å²) in [4.78, 5) is 11.8. The van der Waals surface area contributed by atoms with Crippen LogP contribution in [0.3, 0.4) is 0 Å². The van der Waals surface area contributed by atoms with Crippen molar-refractivity contribution in [3.05, 3.63) is 56.2 Å². The van der Waals surface area contributed by atoms with Crippen molar-refractivity contribution < 1.29 is 9.90 Å². The summed E-state index contributed by atoms with van der Waals surface area (Å²) in [6.07, 6.45) is 0. The van der Waals surface area contributed by atoms with Crippen LogP contribution in [0.1, 0.15) is 33.8 Å². The Hall–Kier alpha value is -1.17. The number of aromatic carboxylic acids is 1. The Kier molecular flexibility index (Phi) is 4.74. The predicted molar refractivity (Wildman–Crippen MR) is 80.7 cm³/mol. The van der Waals surface area contributed by atoms with Crippen molar-refractivity contribution in [3.8, 4) is 0 Å². The van der Waals surface area contributed by atoms with E-state index in [4.69, 9.17) is 5.11 Å². The second kappa shape index (κ2) is 6.32. The molecule has 0 fully saturated rings. The van der Waals surface area contributed by atoms with E-state index in [1.165, 1.54) is 16.9 Å². The molecule has 0 bridgehead atoms. The lowest BCUT2D eigenvalue weighted by molar-refractivity contribution is 0.0697. The first kappa shape index (κ1) is 14.2. The lowest BCUT2D eigenvalue weighted by atomic mass is 10.1. The summed E-state index contributed by atoms with van der Waals surface area (Å²) >= 11 is 5.00. The highest BCUT2D eigenvalue weighted by Gasteiger charge is 2.10. The molecular formula is C14H14BrNO2S. The number of halogens is 1. The van der Waals surface area contributed by atoms with E-state index in [0.29, 0.717) is 12.1 Å². The van der Waals surface area contributed by atoms with Crippen molar-refractivity contribution in [2.45, 2.75) is 19.5 Å². The molecule has 1 heterocycles. The normalized spacial score (nSPS) is 12.3. The van der Waals surface area contributed by atoms with Gasteiger partial charge < -0.3 is 10.4 Å². The van der Waals surface area contributed by atoms with Gasteiger partial charge in [0.05, 0.1) is 5.56 Å². The predicted octanol–water partition coefficient (Wildman–Crippen LogP) is 4.06. The highest BCUT2D eigenvalue weighted by atomic mass is 79.9. The van der Waals surface area contributed by atoms with E-state index in [1.807, 2.05) is 18.2 Å². The number of carboxylic acids is 1. The average Bonchev–Trinajstić information content (AvgIpc) is 2.85. The molecule has 0 aliphatic heterocycles. The Morgan fingerprint density at radius 3 is 2.84 bits per heavy atom. The van der Waals surface area contributed by atoms with Crippen molar-refractivity contribution in [3.63, 3.8) is 0 Å². The molecule has 0 amide bonds. The summed E-state index contributed by atoms with van der Waals surface area (Å²) in [6.45, 7) is 2.76. The van der Waals surface area contributed by atoms with Crippen LogP contribution < -0.4 is 5.32 Å². The van der Waals surface area contributed by atoms with Crippen LogP contribution in [0.2, 0.25) is 0 Å². The third kappa shape index (κ3) is 3.65. The summed E-state index contributed by atoms with van der Waals surface area (Å²) < 4.78 is 1.08. The van der Waals surface area contributed by atoms with Crippen LogP contribution in [0.15, 0.2) is 40.2 Å². The van der Waals surface area contributed by atoms with E-state index in [0.717, 1.165) is 9.35 Å². The van der Waals surface area contributed by atoms with Gasteiger partial charge in [0.2, 0.25) is 0 Å². The molecule has 0 aliphatic carbocycles. The lowest BCUT2D eigenvalue weighted by Gasteiger charge is -2.15. The molecule has 0 saturated carbocycles. The van der Waals surface area contributed by atoms with Crippen molar-refractivity contribution in [2.75, 3.05) is 0 Å². The third-order valence-corrected chi connectivity index (χ3v) is 4.51. The van der Waals surface area contributed by atoms with Gasteiger partial charge in [-0.15, -0.1) is 11.3 Å². The Balaban J connectivity index is 1.98. The summed E-state index contributed by atoms with van der Waals surface area (Å²) in [5.74, 6) is -0.874. The quantitative estimate of drug-likeness (QED) is 0.863. The van der Waals surface area contributed by atoms with Gasteiger partial charge in [0.25, 0.3) is 0 Å². The van der Waals surface area contributed by atoms with E-state index >= 15 is 0 Å². The minimum absolute atomic E-state index is 0.200. The number of hydrogen-bond donors (Lipinski definition) is 2. The maximum Gasteiger partial charge on any atom is 0.336 e. The zero-order chi connectivity index (χ0) is 13.8. The van der Waals surface area contributed by atoms with Crippen molar-refractivity contribution in [2.24, 2.45) is 0 Å². The molecule has 0 unspecified atom stereocenters. The number of hydrogen-bond acceptors (Lipinski definition) is 3. The van der Waals surface area contributed by atoms with Crippen molar-refractivity contribution >= 4 is 33.2 Å². The molecule has 5 heteroatoms. The van der Waals surface area contributed by atoms with E-state index in [2.05, 4.69) is 34.2 Å². The van der Waals surface area contributed by atoms with E-state index in [-0.39, 0.29) is 6.04 Å². The molecule has 0 radical (unpaired) electrons. The fraction of sp³-hybridized carbons (Fsp3) is 0.214. The van der Waals surface area contributed by atoms with Gasteiger partial charge in [-0.2, -0.15) is 0 Å². The molecule has 19 heavy (non-hydrogen) atoms. The van der Waals surface area contributed by atoms with Gasteiger partial charge in [-0.3, -0.25) is 0 Å². The molecule has 1 aromatic heterocycles. The molecular weight excluding hydrogens is 326 g/mol. The zero-order valence-corrected chi connectivity index (χ0v) is 12.8. The maximum absolute atomic E-state index is 10.8. The molecule has 2 rings (SSSR count). The smallest absolute Gasteiger partial charge is 0.336 e. The fourth-order valence-electron chi connectivity index (χ4n) is 1.78. The van der Waals surface area contributed by atoms with Crippen LogP contribution in [0.25, 0.3) is 0 Å². The second-order valence-corrected chi connectivity index (χ2v) is 6.08. The standard InChI is InChI=1S/C14H14BrNO2S/c1-9(12-4-2-3-5-13(12)15)16-7-11-6-10(8-19-11)14(17)18/h2-6,8-9,16H,7H2,1H3,(H,17,18)/t9-/m0/s1. The van der Waals surface area contributed by atoms with Crippen LogP contribution >= 0.6 is 27.3 Å². The van der Waals surface area contributed by atoms with Crippen LogP contribution in [-0.4, -0.2) is 11.1 Å². The van der Waals surface area contributed by atoms with Gasteiger partial charge in [-0.05, 0) is 24.6 Å². The third-order valence-electron chi connectivity index (χ3n) is 2.85. The number of carbonyl (C=O) groups is 1. The second-order valence-electron chi connectivity index (χ2n) is 4.23. The first-order valence-electron chi connectivity index (χ1n) is 5.86. The summed E-state index contributed by atoms with van der Waals surface area (Å²) in [5.41, 5.74) is 1.55. The van der Waals surface area contributed by atoms with Gasteiger partial charge in [0.15, 0.2) is 0 Å². The van der Waals surface area contributed by atoms with E-state index < -0.39 is 5.97 Å². The first-order chi connectivity index (χ1) is 9.08. The minimum Gasteiger partial charge on any atom is -0.478 e. The van der Waals surface area contributed by atoms with Gasteiger partial charge >= 0.3 is 5.97 Å². The number of rotatable bonds is 5. The number of nitrogens with one attached hydrogen (secondary N) is 1. The highest BCUT2D eigenvalue weighted by Crippen LogP contribution is 2.23. The first-order valence-corrected chi connectivity index (χ1v) is 7.53. The van der Waals surface area contributed by atoms with Crippen LogP contribution in [-0.2, 0) is 6.54 Å². The molecule has 0 saturated heterocycles. The molecule has 3 nitrogen and oxygen atoms in total. The van der Waals surface area contributed by atoms with E-state index in [9.17, 15) is 4.79 Å². The molecule has 1 atom stereocenters. The Labute approximate surface area is 124 Å². The number of thiophene rings is 1. The van der Waals surface area contributed by atoms with Crippen LogP contribution in [0, 0.1) is 0 Å². The Bertz CT molecular complexity index is 582. The minimum atomic E-state index is -0.874. The molecule has 1 aromatic carbocycles. The Morgan fingerprint density at radius 2 is 2.21 bits per heavy atom. The topological polar surface area (TPSA) is 49.3 Å². The summed E-state index contributed by atoms with van der Waals surface area (Å²) in [5, 5.41) is 13.9. The lowest BCUT2D eigenvalue weighted by Crippen LogP contribution is -2.17. The van der Waals surface area contributed by atoms with Gasteiger partial charge in [0, 0.05) is 27.3 Å². The number of carboxylic acid groups (broad SMARTS) is 1. The van der Waals surface area contributed by atoms with Gasteiger partial charge in [-0.25, -0.2) is 4.79 Å². The Morgan fingerprint density at radius 1 is 1.47 bits per heavy atom. The number of benzene rings is 1. The van der Waals surface area contributed by atoms with Gasteiger partial charge in [0.1, 0.15) is 0 Å². The highest BCUT2D eigenvalue weighted by molar-refractivity contribution is 9.10.